The number of benzene rings is 1. The zero-order valence-corrected chi connectivity index (χ0v) is 18.5. The molecule has 0 amide bonds. The van der Waals surface area contributed by atoms with Gasteiger partial charge < -0.3 is 9.84 Å². The highest BCUT2D eigenvalue weighted by atomic mass is 16.5. The van der Waals surface area contributed by atoms with Crippen molar-refractivity contribution < 1.29 is 14.6 Å². The van der Waals surface area contributed by atoms with Crippen LogP contribution in [0.15, 0.2) is 12.1 Å². The van der Waals surface area contributed by atoms with E-state index in [1.54, 1.807) is 26.0 Å². The van der Waals surface area contributed by atoms with Gasteiger partial charge in [0.2, 0.25) is 0 Å². The summed E-state index contributed by atoms with van der Waals surface area (Å²) in [6, 6.07) is 3.38. The number of carbonyl (C=O) groups excluding carboxylic acids is 1. The minimum atomic E-state index is -0.291. The van der Waals surface area contributed by atoms with E-state index in [-0.39, 0.29) is 11.7 Å². The largest absolute Gasteiger partial charge is 0.507 e. The number of hydrogen-bond donors (Lipinski definition) is 1. The lowest BCUT2D eigenvalue weighted by atomic mass is 10.0. The van der Waals surface area contributed by atoms with Crippen molar-refractivity contribution in [3.05, 3.63) is 28.8 Å². The normalized spacial score (nSPS) is 11.0. The van der Waals surface area contributed by atoms with Gasteiger partial charge in [-0.3, -0.25) is 0 Å². The molecule has 1 N–H and O–H groups in total. The van der Waals surface area contributed by atoms with Crippen LogP contribution < -0.4 is 0 Å². The van der Waals surface area contributed by atoms with Crippen LogP contribution in [0.5, 0.6) is 5.75 Å². The van der Waals surface area contributed by atoms with E-state index < -0.39 is 0 Å². The third-order valence-electron chi connectivity index (χ3n) is 5.46. The molecule has 3 nitrogen and oxygen atoms in total. The van der Waals surface area contributed by atoms with Gasteiger partial charge in [-0.15, -0.1) is 0 Å². The van der Waals surface area contributed by atoms with Gasteiger partial charge in [-0.05, 0) is 43.5 Å². The Kier molecular flexibility index (Phi) is 13.5. The molecule has 0 fully saturated rings. The van der Waals surface area contributed by atoms with Crippen LogP contribution in [0, 0.1) is 13.8 Å². The van der Waals surface area contributed by atoms with Crippen molar-refractivity contribution in [2.75, 3.05) is 6.61 Å². The predicted molar refractivity (Wildman–Crippen MR) is 118 cm³/mol. The molecule has 3 heteroatoms. The first-order valence-electron chi connectivity index (χ1n) is 11.5. The Hall–Kier alpha value is -1.51. The molecule has 0 saturated heterocycles. The number of carbonyl (C=O) groups is 1. The van der Waals surface area contributed by atoms with Crippen LogP contribution in [0.2, 0.25) is 0 Å². The van der Waals surface area contributed by atoms with Gasteiger partial charge in [0.05, 0.1) is 12.2 Å². The fourth-order valence-corrected chi connectivity index (χ4v) is 3.62. The molecule has 0 bridgehead atoms. The predicted octanol–water partition coefficient (Wildman–Crippen LogP) is 7.65. The second-order valence-electron chi connectivity index (χ2n) is 8.19. The summed E-state index contributed by atoms with van der Waals surface area (Å²) in [6.07, 6.45) is 18.5. The molecule has 0 aliphatic carbocycles. The van der Waals surface area contributed by atoms with E-state index in [2.05, 4.69) is 6.92 Å². The molecule has 0 aliphatic rings. The first-order chi connectivity index (χ1) is 13.6. The SMILES string of the molecule is CCCCCCCCCCCCCCCCOC(=O)c1cc(C)c(O)c(C)c1. The second kappa shape index (κ2) is 15.4. The first-order valence-corrected chi connectivity index (χ1v) is 11.5. The van der Waals surface area contributed by atoms with Gasteiger partial charge in [0.15, 0.2) is 0 Å². The van der Waals surface area contributed by atoms with Crippen molar-refractivity contribution in [3.63, 3.8) is 0 Å². The van der Waals surface area contributed by atoms with E-state index in [0.29, 0.717) is 23.3 Å². The average Bonchev–Trinajstić information content (AvgIpc) is 2.68. The van der Waals surface area contributed by atoms with Crippen molar-refractivity contribution in [1.82, 2.24) is 0 Å². The van der Waals surface area contributed by atoms with Crippen molar-refractivity contribution in [1.29, 1.82) is 0 Å². The Labute approximate surface area is 172 Å². The van der Waals surface area contributed by atoms with Crippen LogP contribution in [-0.2, 0) is 4.74 Å². The molecule has 1 rings (SSSR count). The van der Waals surface area contributed by atoms with Crippen molar-refractivity contribution in [2.24, 2.45) is 0 Å². The van der Waals surface area contributed by atoms with Crippen molar-refractivity contribution >= 4 is 5.97 Å². The molecule has 28 heavy (non-hydrogen) atoms. The Morgan fingerprint density at radius 3 is 1.57 bits per heavy atom. The molecule has 0 atom stereocenters. The average molecular weight is 391 g/mol. The lowest BCUT2D eigenvalue weighted by Gasteiger charge is -2.08. The van der Waals surface area contributed by atoms with Gasteiger partial charge in [-0.1, -0.05) is 90.4 Å². The fourth-order valence-electron chi connectivity index (χ4n) is 3.62. The maximum Gasteiger partial charge on any atom is 0.338 e. The van der Waals surface area contributed by atoms with Crippen LogP contribution in [0.4, 0.5) is 0 Å². The fraction of sp³-hybridized carbons (Fsp3) is 0.720. The van der Waals surface area contributed by atoms with Crippen LogP contribution >= 0.6 is 0 Å². The minimum absolute atomic E-state index is 0.253. The molecule has 160 valence electrons. The topological polar surface area (TPSA) is 46.5 Å². The molecule has 0 radical (unpaired) electrons. The summed E-state index contributed by atoms with van der Waals surface area (Å²) in [7, 11) is 0. The molecule has 0 saturated carbocycles. The number of aromatic hydroxyl groups is 1. The van der Waals surface area contributed by atoms with Crippen molar-refractivity contribution in [3.8, 4) is 5.75 Å². The van der Waals surface area contributed by atoms with Gasteiger partial charge >= 0.3 is 5.97 Å². The van der Waals surface area contributed by atoms with Crippen LogP contribution in [0.25, 0.3) is 0 Å². The highest BCUT2D eigenvalue weighted by molar-refractivity contribution is 5.90. The van der Waals surface area contributed by atoms with Gasteiger partial charge in [-0.2, -0.15) is 0 Å². The van der Waals surface area contributed by atoms with Crippen LogP contribution in [0.3, 0.4) is 0 Å². The number of rotatable bonds is 16. The van der Waals surface area contributed by atoms with E-state index in [9.17, 15) is 9.90 Å². The van der Waals surface area contributed by atoms with Crippen LogP contribution in [0.1, 0.15) is 118 Å². The molecular weight excluding hydrogens is 348 g/mol. The zero-order chi connectivity index (χ0) is 20.6. The third-order valence-corrected chi connectivity index (χ3v) is 5.46. The molecule has 0 heterocycles. The van der Waals surface area contributed by atoms with E-state index in [1.165, 1.54) is 77.0 Å². The molecular formula is C25H42O3. The Morgan fingerprint density at radius 1 is 0.750 bits per heavy atom. The van der Waals surface area contributed by atoms with E-state index >= 15 is 0 Å². The Bertz CT molecular complexity index is 528. The second-order valence-corrected chi connectivity index (χ2v) is 8.19. The highest BCUT2D eigenvalue weighted by Crippen LogP contribution is 2.23. The van der Waals surface area contributed by atoms with Gasteiger partial charge in [0.1, 0.15) is 5.75 Å². The van der Waals surface area contributed by atoms with Crippen LogP contribution in [-0.4, -0.2) is 17.7 Å². The summed E-state index contributed by atoms with van der Waals surface area (Å²) in [5.41, 5.74) is 1.95. The quantitative estimate of drug-likeness (QED) is 0.233. The van der Waals surface area contributed by atoms with E-state index in [4.69, 9.17) is 4.74 Å². The molecule has 1 aromatic carbocycles. The lowest BCUT2D eigenvalue weighted by molar-refractivity contribution is 0.0497. The third kappa shape index (κ3) is 10.7. The molecule has 0 aromatic heterocycles. The number of aryl methyl sites for hydroxylation is 2. The molecule has 1 aromatic rings. The standard InChI is InChI=1S/C25H42O3/c1-4-5-6-7-8-9-10-11-12-13-14-15-16-17-18-28-25(27)23-19-21(2)24(26)22(3)20-23/h19-20,26H,4-18H2,1-3H3. The summed E-state index contributed by atoms with van der Waals surface area (Å²) in [5, 5.41) is 9.78. The minimum Gasteiger partial charge on any atom is -0.507 e. The summed E-state index contributed by atoms with van der Waals surface area (Å²) in [4.78, 5) is 12.1. The smallest absolute Gasteiger partial charge is 0.338 e. The Morgan fingerprint density at radius 2 is 1.14 bits per heavy atom. The number of hydrogen-bond acceptors (Lipinski definition) is 3. The number of ether oxygens (including phenoxy) is 1. The van der Waals surface area contributed by atoms with Crippen molar-refractivity contribution in [2.45, 2.75) is 111 Å². The zero-order valence-electron chi connectivity index (χ0n) is 18.5. The maximum atomic E-state index is 12.1. The number of phenols is 1. The Balaban J connectivity index is 1.93. The number of esters is 1. The lowest BCUT2D eigenvalue weighted by Crippen LogP contribution is -2.07. The van der Waals surface area contributed by atoms with E-state index in [0.717, 1.165) is 12.8 Å². The number of phenolic OH excluding ortho intramolecular Hbond substituents is 1. The maximum absolute atomic E-state index is 12.1. The van der Waals surface area contributed by atoms with Gasteiger partial charge in [0, 0.05) is 0 Å². The molecule has 0 spiro atoms. The number of unbranched alkanes of at least 4 members (excludes halogenated alkanes) is 13. The first kappa shape index (κ1) is 24.5. The molecule has 0 unspecified atom stereocenters. The summed E-state index contributed by atoms with van der Waals surface area (Å²) in [6.45, 7) is 6.35. The summed E-state index contributed by atoms with van der Waals surface area (Å²) in [5.74, 6) is -0.0376. The van der Waals surface area contributed by atoms with Gasteiger partial charge in [-0.25, -0.2) is 4.79 Å². The summed E-state index contributed by atoms with van der Waals surface area (Å²) >= 11 is 0. The highest BCUT2D eigenvalue weighted by Gasteiger charge is 2.11. The molecule has 0 aliphatic heterocycles. The van der Waals surface area contributed by atoms with Gasteiger partial charge in [0.25, 0.3) is 0 Å². The monoisotopic (exact) mass is 390 g/mol. The summed E-state index contributed by atoms with van der Waals surface area (Å²) < 4.78 is 5.36. The van der Waals surface area contributed by atoms with E-state index in [1.807, 2.05) is 0 Å².